The van der Waals surface area contributed by atoms with E-state index >= 15 is 0 Å². The van der Waals surface area contributed by atoms with Crippen LogP contribution in [0.2, 0.25) is 5.02 Å². The molecule has 2 amide bonds. The second kappa shape index (κ2) is 9.83. The second-order valence-corrected chi connectivity index (χ2v) is 9.21. The minimum absolute atomic E-state index is 0.163. The average Bonchev–Trinajstić information content (AvgIpc) is 3.04. The molecule has 1 aliphatic heterocycles. The Morgan fingerprint density at radius 1 is 0.882 bits per heavy atom. The summed E-state index contributed by atoms with van der Waals surface area (Å²) in [5.41, 5.74) is 3.09. The fourth-order valence-corrected chi connectivity index (χ4v) is 4.71. The Morgan fingerprint density at radius 2 is 1.62 bits per heavy atom. The number of ether oxygens (including phenoxy) is 2. The minimum atomic E-state index is -0.446. The van der Waals surface area contributed by atoms with E-state index < -0.39 is 11.8 Å². The third-order valence-corrected chi connectivity index (χ3v) is 6.68. The van der Waals surface area contributed by atoms with Crippen LogP contribution >= 0.6 is 23.4 Å². The van der Waals surface area contributed by atoms with Gasteiger partial charge in [-0.05, 0) is 61.9 Å². The van der Waals surface area contributed by atoms with E-state index in [9.17, 15) is 9.59 Å². The van der Waals surface area contributed by atoms with Crippen LogP contribution in [-0.4, -0.2) is 26.0 Å². The van der Waals surface area contributed by atoms with Crippen molar-refractivity contribution in [3.8, 4) is 11.5 Å². The van der Waals surface area contributed by atoms with Gasteiger partial charge in [0.2, 0.25) is 0 Å². The molecule has 8 heteroatoms. The van der Waals surface area contributed by atoms with Crippen LogP contribution in [0.15, 0.2) is 76.2 Å². The second-order valence-electron chi connectivity index (χ2n) is 7.69. The Hall–Kier alpha value is -3.42. The Morgan fingerprint density at radius 3 is 2.26 bits per heavy atom. The largest absolute Gasteiger partial charge is 0.497 e. The van der Waals surface area contributed by atoms with Crippen LogP contribution in [0.4, 0.5) is 11.4 Å². The molecule has 1 heterocycles. The smallest absolute Gasteiger partial charge is 0.283 e. The van der Waals surface area contributed by atoms with Crippen LogP contribution in [0.3, 0.4) is 0 Å². The van der Waals surface area contributed by atoms with E-state index in [4.69, 9.17) is 21.1 Å². The van der Waals surface area contributed by atoms with Crippen molar-refractivity contribution in [3.05, 3.63) is 87.4 Å². The first-order valence-corrected chi connectivity index (χ1v) is 11.6. The summed E-state index contributed by atoms with van der Waals surface area (Å²) in [6.07, 6.45) is 0. The van der Waals surface area contributed by atoms with Gasteiger partial charge in [-0.15, -0.1) is 0 Å². The highest BCUT2D eigenvalue weighted by Crippen LogP contribution is 2.40. The number of amides is 2. The molecule has 0 bridgehead atoms. The molecule has 0 aliphatic carbocycles. The lowest BCUT2D eigenvalue weighted by atomic mass is 10.1. The van der Waals surface area contributed by atoms with Gasteiger partial charge in [0.1, 0.15) is 22.1 Å². The van der Waals surface area contributed by atoms with E-state index in [2.05, 4.69) is 5.32 Å². The van der Waals surface area contributed by atoms with Crippen LogP contribution in [-0.2, 0) is 9.59 Å². The maximum absolute atomic E-state index is 13.6. The summed E-state index contributed by atoms with van der Waals surface area (Å²) in [7, 11) is 3.09. The van der Waals surface area contributed by atoms with Crippen molar-refractivity contribution in [2.45, 2.75) is 18.7 Å². The first-order valence-electron chi connectivity index (χ1n) is 10.4. The molecule has 174 valence electrons. The maximum atomic E-state index is 13.6. The lowest BCUT2D eigenvalue weighted by molar-refractivity contribution is -0.120. The normalized spacial score (nSPS) is 13.5. The molecule has 6 nitrogen and oxygen atoms in total. The fraction of sp³-hybridized carbons (Fsp3) is 0.154. The molecule has 34 heavy (non-hydrogen) atoms. The van der Waals surface area contributed by atoms with Crippen LogP contribution < -0.4 is 19.7 Å². The number of thioether (sulfide) groups is 1. The zero-order chi connectivity index (χ0) is 24.4. The van der Waals surface area contributed by atoms with Gasteiger partial charge >= 0.3 is 0 Å². The molecule has 0 saturated carbocycles. The van der Waals surface area contributed by atoms with Crippen molar-refractivity contribution in [2.24, 2.45) is 0 Å². The molecule has 0 unspecified atom stereocenters. The maximum Gasteiger partial charge on any atom is 0.283 e. The van der Waals surface area contributed by atoms with Gasteiger partial charge in [0.05, 0.1) is 25.6 Å². The number of rotatable bonds is 7. The summed E-state index contributed by atoms with van der Waals surface area (Å²) in [4.78, 5) is 29.5. The van der Waals surface area contributed by atoms with Crippen LogP contribution in [0.5, 0.6) is 11.5 Å². The number of benzene rings is 3. The van der Waals surface area contributed by atoms with Crippen LogP contribution in [0.25, 0.3) is 0 Å². The molecular weight excluding hydrogens is 472 g/mol. The Bertz CT molecular complexity index is 1300. The average molecular weight is 495 g/mol. The van der Waals surface area contributed by atoms with Crippen molar-refractivity contribution in [2.75, 3.05) is 24.4 Å². The summed E-state index contributed by atoms with van der Waals surface area (Å²) in [5, 5.41) is 3.73. The van der Waals surface area contributed by atoms with Crippen molar-refractivity contribution in [3.63, 3.8) is 0 Å². The van der Waals surface area contributed by atoms with Gasteiger partial charge in [-0.2, -0.15) is 0 Å². The summed E-state index contributed by atoms with van der Waals surface area (Å²) in [6, 6.07) is 17.9. The number of imide groups is 1. The van der Waals surface area contributed by atoms with Gasteiger partial charge in [0.25, 0.3) is 11.8 Å². The monoisotopic (exact) mass is 494 g/mol. The molecule has 1 aliphatic rings. The van der Waals surface area contributed by atoms with Crippen LogP contribution in [0.1, 0.15) is 11.1 Å². The van der Waals surface area contributed by atoms with E-state index in [1.54, 1.807) is 55.6 Å². The van der Waals surface area contributed by atoms with Gasteiger partial charge in [-0.25, -0.2) is 4.90 Å². The highest BCUT2D eigenvalue weighted by atomic mass is 35.5. The highest BCUT2D eigenvalue weighted by molar-refractivity contribution is 8.04. The Balaban J connectivity index is 1.80. The topological polar surface area (TPSA) is 67.9 Å². The zero-order valence-electron chi connectivity index (χ0n) is 19.1. The number of carbonyl (C=O) groups excluding carboxylic acids is 2. The van der Waals surface area contributed by atoms with Crippen molar-refractivity contribution >= 4 is 46.6 Å². The third-order valence-electron chi connectivity index (χ3n) is 5.33. The van der Waals surface area contributed by atoms with Gasteiger partial charge in [-0.3, -0.25) is 9.59 Å². The van der Waals surface area contributed by atoms with Crippen molar-refractivity contribution < 1.29 is 19.1 Å². The van der Waals surface area contributed by atoms with E-state index in [1.165, 1.54) is 23.8 Å². The number of methoxy groups -OCH3 is 2. The molecule has 4 rings (SSSR count). The molecule has 0 fully saturated rings. The Kier molecular flexibility index (Phi) is 6.86. The molecule has 3 aromatic rings. The van der Waals surface area contributed by atoms with E-state index in [-0.39, 0.29) is 10.6 Å². The number of hydrogen-bond donors (Lipinski definition) is 1. The molecule has 0 radical (unpaired) electrons. The predicted octanol–water partition coefficient (Wildman–Crippen LogP) is 5.96. The summed E-state index contributed by atoms with van der Waals surface area (Å²) in [5.74, 6) is 0.243. The van der Waals surface area contributed by atoms with Crippen molar-refractivity contribution in [1.82, 2.24) is 0 Å². The molecule has 0 spiro atoms. The zero-order valence-corrected chi connectivity index (χ0v) is 20.7. The lowest BCUT2D eigenvalue weighted by Crippen LogP contribution is -2.33. The van der Waals surface area contributed by atoms with Gasteiger partial charge in [0.15, 0.2) is 0 Å². The number of hydrogen-bond acceptors (Lipinski definition) is 6. The number of nitrogens with one attached hydrogen (secondary N) is 1. The number of anilines is 2. The SMILES string of the molecule is COc1ccc(OC)c(NC2=C(Sc3ccc(Cl)cc3)C(=O)N(c3ccc(C)cc3C)C2=O)c1. The van der Waals surface area contributed by atoms with E-state index in [0.29, 0.717) is 27.9 Å². The highest BCUT2D eigenvalue weighted by Gasteiger charge is 2.41. The van der Waals surface area contributed by atoms with Crippen molar-refractivity contribution in [1.29, 1.82) is 0 Å². The summed E-state index contributed by atoms with van der Waals surface area (Å²) in [6.45, 7) is 3.85. The Labute approximate surface area is 207 Å². The van der Waals surface area contributed by atoms with Gasteiger partial charge < -0.3 is 14.8 Å². The number of carbonyl (C=O) groups is 2. The van der Waals surface area contributed by atoms with E-state index in [1.807, 2.05) is 26.0 Å². The standard InChI is InChI=1S/C26H23ClN2O4S/c1-15-5-11-21(16(2)13-15)29-25(30)23(28-20-14-18(32-3)8-12-22(20)33-4)24(26(29)31)34-19-9-6-17(27)7-10-19/h5-14,28H,1-4H3. The minimum Gasteiger partial charge on any atom is -0.497 e. The van der Waals surface area contributed by atoms with Crippen LogP contribution in [0, 0.1) is 13.8 Å². The molecule has 3 aromatic carbocycles. The first-order chi connectivity index (χ1) is 16.3. The number of aryl methyl sites for hydroxylation is 2. The molecule has 0 atom stereocenters. The molecule has 0 aromatic heterocycles. The predicted molar refractivity (Wildman–Crippen MR) is 136 cm³/mol. The summed E-state index contributed by atoms with van der Waals surface area (Å²) < 4.78 is 10.8. The van der Waals surface area contributed by atoms with Gasteiger partial charge in [0, 0.05) is 16.0 Å². The van der Waals surface area contributed by atoms with Gasteiger partial charge in [-0.1, -0.05) is 41.1 Å². The quantitative estimate of drug-likeness (QED) is 0.408. The lowest BCUT2D eigenvalue weighted by Gasteiger charge is -2.18. The number of halogens is 1. The van der Waals surface area contributed by atoms with E-state index in [0.717, 1.165) is 16.0 Å². The summed E-state index contributed by atoms with van der Waals surface area (Å²) >= 11 is 7.23. The fourth-order valence-electron chi connectivity index (χ4n) is 3.66. The third kappa shape index (κ3) is 4.62. The first kappa shape index (κ1) is 23.7. The molecular formula is C26H23ClN2O4S. The number of nitrogens with zero attached hydrogens (tertiary/aromatic N) is 1. The molecule has 1 N–H and O–H groups in total. The molecule has 0 saturated heterocycles.